The number of carbonyl (C=O) groups excluding carboxylic acids is 1. The Morgan fingerprint density at radius 1 is 1.00 bits per heavy atom. The molecular weight excluding hydrogens is 394 g/mol. The fourth-order valence-electron chi connectivity index (χ4n) is 4.74. The SMILES string of the molecule is Cc1ccc(NC(=O)c2cccc3c2N=C(c2ccc(CN4CCCC4)cc2C)C3)cc1. The van der Waals surface area contributed by atoms with Crippen molar-refractivity contribution in [3.63, 3.8) is 0 Å². The van der Waals surface area contributed by atoms with Gasteiger partial charge in [-0.2, -0.15) is 0 Å². The van der Waals surface area contributed by atoms with Gasteiger partial charge in [0.05, 0.1) is 17.0 Å². The monoisotopic (exact) mass is 423 g/mol. The second-order valence-electron chi connectivity index (χ2n) is 9.00. The van der Waals surface area contributed by atoms with Crippen LogP contribution in [0.2, 0.25) is 0 Å². The zero-order valence-corrected chi connectivity index (χ0v) is 18.8. The van der Waals surface area contributed by atoms with Gasteiger partial charge in [0.25, 0.3) is 5.91 Å². The van der Waals surface area contributed by atoms with Gasteiger partial charge in [0.15, 0.2) is 0 Å². The molecule has 4 nitrogen and oxygen atoms in total. The number of aliphatic imine (C=N–C) groups is 1. The Bertz CT molecular complexity index is 1190. The van der Waals surface area contributed by atoms with Crippen LogP contribution in [0, 0.1) is 13.8 Å². The van der Waals surface area contributed by atoms with Crippen LogP contribution in [0.5, 0.6) is 0 Å². The Balaban J connectivity index is 1.38. The summed E-state index contributed by atoms with van der Waals surface area (Å²) in [6.45, 7) is 7.63. The Hall–Kier alpha value is -3.24. The number of hydrogen-bond donors (Lipinski definition) is 1. The lowest BCUT2D eigenvalue weighted by Gasteiger charge is -2.16. The maximum Gasteiger partial charge on any atom is 0.257 e. The third-order valence-corrected chi connectivity index (χ3v) is 6.48. The fraction of sp³-hybridized carbons (Fsp3) is 0.286. The van der Waals surface area contributed by atoms with E-state index in [1.165, 1.54) is 48.2 Å². The van der Waals surface area contributed by atoms with Gasteiger partial charge in [-0.15, -0.1) is 0 Å². The summed E-state index contributed by atoms with van der Waals surface area (Å²) in [6, 6.07) is 20.5. The molecule has 1 N–H and O–H groups in total. The van der Waals surface area contributed by atoms with E-state index in [2.05, 4.69) is 41.4 Å². The van der Waals surface area contributed by atoms with Gasteiger partial charge in [0.2, 0.25) is 0 Å². The molecule has 1 saturated heterocycles. The third kappa shape index (κ3) is 4.23. The van der Waals surface area contributed by atoms with Crippen LogP contribution in [-0.2, 0) is 13.0 Å². The average molecular weight is 424 g/mol. The van der Waals surface area contributed by atoms with Crippen molar-refractivity contribution in [2.45, 2.75) is 39.7 Å². The molecule has 0 radical (unpaired) electrons. The molecule has 0 spiro atoms. The number of likely N-dealkylation sites (tertiary alicyclic amines) is 1. The molecule has 0 unspecified atom stereocenters. The molecule has 2 aliphatic rings. The summed E-state index contributed by atoms with van der Waals surface area (Å²) in [5, 5.41) is 3.01. The second kappa shape index (κ2) is 8.71. The topological polar surface area (TPSA) is 44.7 Å². The van der Waals surface area contributed by atoms with E-state index in [0.717, 1.165) is 35.6 Å². The minimum Gasteiger partial charge on any atom is -0.322 e. The van der Waals surface area contributed by atoms with Crippen LogP contribution < -0.4 is 5.32 Å². The number of fused-ring (bicyclic) bond motifs is 1. The number of carbonyl (C=O) groups is 1. The molecule has 32 heavy (non-hydrogen) atoms. The van der Waals surface area contributed by atoms with E-state index in [-0.39, 0.29) is 5.91 Å². The molecular formula is C28H29N3O. The summed E-state index contributed by atoms with van der Waals surface area (Å²) in [6.07, 6.45) is 3.38. The number of anilines is 1. The molecule has 0 saturated carbocycles. The number of para-hydroxylation sites is 1. The van der Waals surface area contributed by atoms with Crippen molar-refractivity contribution < 1.29 is 4.79 Å². The van der Waals surface area contributed by atoms with Crippen LogP contribution in [-0.4, -0.2) is 29.6 Å². The van der Waals surface area contributed by atoms with E-state index in [1.54, 1.807) is 0 Å². The largest absolute Gasteiger partial charge is 0.322 e. The molecule has 1 fully saturated rings. The summed E-state index contributed by atoms with van der Waals surface area (Å²) in [7, 11) is 0. The minimum absolute atomic E-state index is 0.117. The molecule has 2 heterocycles. The molecule has 0 aliphatic carbocycles. The zero-order valence-electron chi connectivity index (χ0n) is 18.8. The highest BCUT2D eigenvalue weighted by Crippen LogP contribution is 2.34. The first-order valence-corrected chi connectivity index (χ1v) is 11.5. The van der Waals surface area contributed by atoms with Crippen molar-refractivity contribution in [2.24, 2.45) is 4.99 Å². The van der Waals surface area contributed by atoms with E-state index >= 15 is 0 Å². The van der Waals surface area contributed by atoms with Crippen molar-refractivity contribution in [3.8, 4) is 0 Å². The van der Waals surface area contributed by atoms with E-state index in [4.69, 9.17) is 4.99 Å². The lowest BCUT2D eigenvalue weighted by Crippen LogP contribution is -2.18. The van der Waals surface area contributed by atoms with Gasteiger partial charge in [-0.1, -0.05) is 48.0 Å². The predicted molar refractivity (Wildman–Crippen MR) is 131 cm³/mol. The molecule has 3 aromatic carbocycles. The molecule has 0 aromatic heterocycles. The highest BCUT2D eigenvalue weighted by atomic mass is 16.1. The van der Waals surface area contributed by atoms with Crippen LogP contribution >= 0.6 is 0 Å². The maximum absolute atomic E-state index is 13.0. The number of aryl methyl sites for hydroxylation is 2. The highest BCUT2D eigenvalue weighted by Gasteiger charge is 2.23. The van der Waals surface area contributed by atoms with Crippen molar-refractivity contribution in [2.75, 3.05) is 18.4 Å². The van der Waals surface area contributed by atoms with Crippen LogP contribution in [0.3, 0.4) is 0 Å². The van der Waals surface area contributed by atoms with Gasteiger partial charge in [0, 0.05) is 18.7 Å². The van der Waals surface area contributed by atoms with E-state index in [9.17, 15) is 4.79 Å². The zero-order chi connectivity index (χ0) is 22.1. The van der Waals surface area contributed by atoms with Crippen LogP contribution in [0.15, 0.2) is 65.7 Å². The summed E-state index contributed by atoms with van der Waals surface area (Å²) < 4.78 is 0. The third-order valence-electron chi connectivity index (χ3n) is 6.48. The van der Waals surface area contributed by atoms with Gasteiger partial charge in [-0.25, -0.2) is 0 Å². The van der Waals surface area contributed by atoms with Gasteiger partial charge >= 0.3 is 0 Å². The van der Waals surface area contributed by atoms with Gasteiger partial charge in [-0.3, -0.25) is 14.7 Å². The standard InChI is InChI=1S/C28H29N3O/c1-19-8-11-23(12-9-19)29-28(32)25-7-5-6-22-17-26(30-27(22)25)24-13-10-21(16-20(24)2)18-31-14-3-4-15-31/h5-13,16H,3-4,14-15,17-18H2,1-2H3,(H,29,32). The normalized spacial score (nSPS) is 15.5. The van der Waals surface area contributed by atoms with Crippen molar-refractivity contribution in [1.82, 2.24) is 4.90 Å². The number of amides is 1. The number of nitrogens with zero attached hydrogens (tertiary/aromatic N) is 2. The quantitative estimate of drug-likeness (QED) is 0.561. The van der Waals surface area contributed by atoms with Gasteiger partial charge in [0.1, 0.15) is 0 Å². The molecule has 5 rings (SSSR count). The molecule has 1 amide bonds. The first kappa shape index (κ1) is 20.7. The summed E-state index contributed by atoms with van der Waals surface area (Å²) in [5.41, 5.74) is 9.33. The summed E-state index contributed by atoms with van der Waals surface area (Å²) >= 11 is 0. The van der Waals surface area contributed by atoms with Gasteiger partial charge in [-0.05, 0) is 80.2 Å². The van der Waals surface area contributed by atoms with Crippen molar-refractivity contribution in [1.29, 1.82) is 0 Å². The number of benzene rings is 3. The van der Waals surface area contributed by atoms with Crippen molar-refractivity contribution >= 4 is 23.0 Å². The van der Waals surface area contributed by atoms with Crippen LogP contribution in [0.25, 0.3) is 0 Å². The fourth-order valence-corrected chi connectivity index (χ4v) is 4.74. The van der Waals surface area contributed by atoms with Crippen molar-refractivity contribution in [3.05, 3.63) is 94.0 Å². The molecule has 0 bridgehead atoms. The number of nitrogens with one attached hydrogen (secondary N) is 1. The molecule has 3 aromatic rings. The molecule has 4 heteroatoms. The average Bonchev–Trinajstić information content (AvgIpc) is 3.45. The number of rotatable bonds is 5. The lowest BCUT2D eigenvalue weighted by molar-refractivity contribution is 0.102. The Labute approximate surface area is 190 Å². The Morgan fingerprint density at radius 2 is 1.78 bits per heavy atom. The van der Waals surface area contributed by atoms with E-state index < -0.39 is 0 Å². The van der Waals surface area contributed by atoms with Crippen LogP contribution in [0.1, 0.15) is 51.0 Å². The lowest BCUT2D eigenvalue weighted by atomic mass is 9.97. The first-order chi connectivity index (χ1) is 15.6. The van der Waals surface area contributed by atoms with Crippen LogP contribution in [0.4, 0.5) is 11.4 Å². The Kier molecular flexibility index (Phi) is 5.62. The van der Waals surface area contributed by atoms with Gasteiger partial charge < -0.3 is 5.32 Å². The minimum atomic E-state index is -0.117. The summed E-state index contributed by atoms with van der Waals surface area (Å²) in [5.74, 6) is -0.117. The van der Waals surface area contributed by atoms with E-state index in [0.29, 0.717) is 5.56 Å². The number of hydrogen-bond acceptors (Lipinski definition) is 3. The first-order valence-electron chi connectivity index (χ1n) is 11.5. The summed E-state index contributed by atoms with van der Waals surface area (Å²) in [4.78, 5) is 20.5. The highest BCUT2D eigenvalue weighted by molar-refractivity contribution is 6.13. The predicted octanol–water partition coefficient (Wildman–Crippen LogP) is 5.83. The smallest absolute Gasteiger partial charge is 0.257 e. The molecule has 0 atom stereocenters. The maximum atomic E-state index is 13.0. The second-order valence-corrected chi connectivity index (χ2v) is 9.00. The van der Waals surface area contributed by atoms with E-state index in [1.807, 2.05) is 43.3 Å². The molecule has 2 aliphatic heterocycles. The molecule has 162 valence electrons. The Morgan fingerprint density at radius 3 is 2.53 bits per heavy atom.